The molecule has 0 saturated carbocycles. The molecule has 0 saturated heterocycles. The first-order valence-electron chi connectivity index (χ1n) is 5.15. The Balaban J connectivity index is 6.30. The first-order chi connectivity index (χ1) is 9.73. The molecule has 0 amide bonds. The van der Waals surface area contributed by atoms with Crippen molar-refractivity contribution in [3.8, 4) is 0 Å². The highest BCUT2D eigenvalue weighted by Crippen LogP contribution is 2.61. The highest BCUT2D eigenvalue weighted by molar-refractivity contribution is 5.13. The molecule has 0 heterocycles. The molecule has 0 aliphatic rings. The number of hydrogen-bond donors (Lipinski definition) is 0. The summed E-state index contributed by atoms with van der Waals surface area (Å²) in [5.41, 5.74) is 0. The van der Waals surface area contributed by atoms with Crippen LogP contribution in [0.4, 0.5) is 57.1 Å². The summed E-state index contributed by atoms with van der Waals surface area (Å²) in [6.45, 7) is 4.60. The monoisotopic (exact) mass is 373 g/mol. The highest BCUT2D eigenvalue weighted by Gasteiger charge is 2.90. The molecule has 0 N–H and O–H groups in total. The lowest BCUT2D eigenvalue weighted by atomic mass is 9.88. The minimum atomic E-state index is -7.88. The Morgan fingerprint density at radius 2 is 0.870 bits per heavy atom. The van der Waals surface area contributed by atoms with Gasteiger partial charge in [-0.15, -0.1) is 6.58 Å². The fourth-order valence-electron chi connectivity index (χ4n) is 1.16. The van der Waals surface area contributed by atoms with Gasteiger partial charge in [0.2, 0.25) is 0 Å². The maximum atomic E-state index is 13.1. The van der Waals surface area contributed by atoms with Crippen molar-refractivity contribution in [3.05, 3.63) is 19.6 Å². The van der Waals surface area contributed by atoms with Crippen LogP contribution < -0.4 is 0 Å². The van der Waals surface area contributed by atoms with Gasteiger partial charge < -0.3 is 0 Å². The average Bonchev–Trinajstić information content (AvgIpc) is 2.35. The molecule has 0 aromatic carbocycles. The maximum absolute atomic E-state index is 13.1. The molecule has 137 valence electrons. The molecule has 0 spiro atoms. The lowest BCUT2D eigenvalue weighted by molar-refractivity contribution is -0.441. The van der Waals surface area contributed by atoms with Crippen molar-refractivity contribution in [1.82, 2.24) is 0 Å². The molecular weight excluding hydrogens is 367 g/mol. The predicted molar refractivity (Wildman–Crippen MR) is 49.8 cm³/mol. The lowest BCUT2D eigenvalue weighted by Crippen LogP contribution is -2.70. The number of hydrogen-bond acceptors (Lipinski definition) is 0. The number of alkyl halides is 13. The molecule has 0 aromatic rings. The van der Waals surface area contributed by atoms with E-state index >= 15 is 0 Å². The topological polar surface area (TPSA) is 0 Å². The van der Waals surface area contributed by atoms with Crippen molar-refractivity contribution in [2.24, 2.45) is 5.92 Å². The van der Waals surface area contributed by atoms with Crippen LogP contribution in [-0.2, 0) is 0 Å². The second-order valence-electron chi connectivity index (χ2n) is 4.26. The van der Waals surface area contributed by atoms with Crippen LogP contribution >= 0.6 is 0 Å². The summed E-state index contributed by atoms with van der Waals surface area (Å²) >= 11 is 0. The summed E-state index contributed by atoms with van der Waals surface area (Å²) in [5, 5.41) is 0. The zero-order chi connectivity index (χ0) is 19.3. The molecule has 0 aliphatic carbocycles. The third-order valence-electron chi connectivity index (χ3n) is 2.71. The van der Waals surface area contributed by atoms with E-state index < -0.39 is 41.7 Å². The van der Waals surface area contributed by atoms with E-state index in [1.54, 1.807) is 0 Å². The van der Waals surface area contributed by atoms with Gasteiger partial charge in [0.1, 0.15) is 0 Å². The maximum Gasteiger partial charge on any atom is 0.460 e. The van der Waals surface area contributed by atoms with E-state index in [1.807, 2.05) is 0 Å². The second-order valence-corrected chi connectivity index (χ2v) is 4.26. The zero-order valence-corrected chi connectivity index (χ0v) is 10.5. The van der Waals surface area contributed by atoms with Crippen LogP contribution in [0.25, 0.3) is 0 Å². The average molecular weight is 373 g/mol. The van der Waals surface area contributed by atoms with Gasteiger partial charge in [0.25, 0.3) is 0 Å². The van der Waals surface area contributed by atoms with Gasteiger partial charge in [0.05, 0.1) is 0 Å². The summed E-state index contributed by atoms with van der Waals surface area (Å²) in [7, 11) is 0. The Kier molecular flexibility index (Phi) is 5.16. The molecule has 0 nitrogen and oxygen atoms in total. The first-order valence-corrected chi connectivity index (χ1v) is 5.15. The third kappa shape index (κ3) is 2.75. The van der Waals surface area contributed by atoms with Crippen molar-refractivity contribution < 1.29 is 57.1 Å². The lowest BCUT2D eigenvalue weighted by Gasteiger charge is -2.40. The summed E-state index contributed by atoms with van der Waals surface area (Å²) in [6, 6.07) is 0. The number of allylic oxidation sites excluding steroid dienone is 1. The van der Waals surface area contributed by atoms with Gasteiger partial charge in [-0.25, -0.2) is 0 Å². The zero-order valence-electron chi connectivity index (χ0n) is 10.5. The quantitative estimate of drug-likeness (QED) is 0.434. The van der Waals surface area contributed by atoms with Gasteiger partial charge in [-0.05, 0) is 6.92 Å². The van der Waals surface area contributed by atoms with Crippen LogP contribution in [0.3, 0.4) is 0 Å². The van der Waals surface area contributed by atoms with E-state index in [0.29, 0.717) is 0 Å². The fourth-order valence-corrected chi connectivity index (χ4v) is 1.16. The summed E-state index contributed by atoms with van der Waals surface area (Å²) in [5.74, 6) is -40.1. The SMILES string of the molecule is [CH2]C(C=C)C(F)(F)C(F)(F)C(F)(F)C(F)(F)C(F)(F)C(F)(F)F. The van der Waals surface area contributed by atoms with Crippen LogP contribution in [0.2, 0.25) is 0 Å². The number of halogens is 13. The minimum Gasteiger partial charge on any atom is -0.199 e. The van der Waals surface area contributed by atoms with Gasteiger partial charge >= 0.3 is 35.8 Å². The van der Waals surface area contributed by atoms with Crippen LogP contribution in [0.15, 0.2) is 12.7 Å². The summed E-state index contributed by atoms with van der Waals surface area (Å²) < 4.78 is 164. The molecule has 13 heteroatoms. The van der Waals surface area contributed by atoms with E-state index in [4.69, 9.17) is 0 Å². The van der Waals surface area contributed by atoms with Gasteiger partial charge in [0.15, 0.2) is 0 Å². The molecule has 1 atom stereocenters. The van der Waals surface area contributed by atoms with Crippen molar-refractivity contribution in [2.75, 3.05) is 0 Å². The van der Waals surface area contributed by atoms with Crippen molar-refractivity contribution >= 4 is 0 Å². The van der Waals surface area contributed by atoms with Crippen LogP contribution in [0.1, 0.15) is 0 Å². The second kappa shape index (κ2) is 5.43. The molecule has 1 unspecified atom stereocenters. The van der Waals surface area contributed by atoms with E-state index in [0.717, 1.165) is 0 Å². The predicted octanol–water partition coefficient (Wildman–Crippen LogP) is 5.36. The molecular formula is C10H6F13. The van der Waals surface area contributed by atoms with E-state index in [-0.39, 0.29) is 6.08 Å². The smallest absolute Gasteiger partial charge is 0.199 e. The number of rotatable bonds is 6. The van der Waals surface area contributed by atoms with Crippen LogP contribution in [0.5, 0.6) is 0 Å². The van der Waals surface area contributed by atoms with Crippen LogP contribution in [-0.4, -0.2) is 35.8 Å². The molecule has 0 aliphatic heterocycles. The van der Waals surface area contributed by atoms with Crippen molar-refractivity contribution in [2.45, 2.75) is 35.8 Å². The van der Waals surface area contributed by atoms with Gasteiger partial charge in [-0.1, -0.05) is 6.08 Å². The van der Waals surface area contributed by atoms with Crippen LogP contribution in [0, 0.1) is 12.8 Å². The Morgan fingerprint density at radius 1 is 0.565 bits per heavy atom. The summed E-state index contributed by atoms with van der Waals surface area (Å²) in [4.78, 5) is 0. The van der Waals surface area contributed by atoms with E-state index in [9.17, 15) is 57.1 Å². The molecule has 0 rings (SSSR count). The Labute approximate surface area is 119 Å². The molecule has 1 radical (unpaired) electrons. The van der Waals surface area contributed by atoms with Crippen molar-refractivity contribution in [3.63, 3.8) is 0 Å². The molecule has 0 aromatic heterocycles. The minimum absolute atomic E-state index is 0.204. The summed E-state index contributed by atoms with van der Waals surface area (Å²) in [6.07, 6.45) is -7.61. The largest absolute Gasteiger partial charge is 0.460 e. The van der Waals surface area contributed by atoms with Crippen molar-refractivity contribution in [1.29, 1.82) is 0 Å². The Hall–Kier alpha value is -1.17. The first kappa shape index (κ1) is 21.8. The normalized spacial score (nSPS) is 17.1. The Bertz CT molecular complexity index is 444. The van der Waals surface area contributed by atoms with Gasteiger partial charge in [-0.3, -0.25) is 0 Å². The van der Waals surface area contributed by atoms with Gasteiger partial charge in [-0.2, -0.15) is 57.1 Å². The highest BCUT2D eigenvalue weighted by atomic mass is 19.4. The Morgan fingerprint density at radius 3 is 1.13 bits per heavy atom. The van der Waals surface area contributed by atoms with E-state index in [1.165, 1.54) is 0 Å². The van der Waals surface area contributed by atoms with Gasteiger partial charge in [0, 0.05) is 5.92 Å². The van der Waals surface area contributed by atoms with E-state index in [2.05, 4.69) is 13.5 Å². The third-order valence-corrected chi connectivity index (χ3v) is 2.71. The molecule has 23 heavy (non-hydrogen) atoms. The fraction of sp³-hybridized carbons (Fsp3) is 0.700. The molecule has 0 fully saturated rings. The standard InChI is InChI=1S/C10H6F13/c1-3-4(2)5(11,12)6(13,14)7(15,16)8(17,18)9(19,20)10(21,22)23/h3-4H,1-2H2. The molecule has 0 bridgehead atoms.